The van der Waals surface area contributed by atoms with Gasteiger partial charge in [0.15, 0.2) is 0 Å². The second-order valence-corrected chi connectivity index (χ2v) is 5.52. The normalized spacial score (nSPS) is 22.1. The Morgan fingerprint density at radius 1 is 1.30 bits per heavy atom. The molecular formula is C16H19N3O. The summed E-state index contributed by atoms with van der Waals surface area (Å²) >= 11 is 0. The van der Waals surface area contributed by atoms with Crippen LogP contribution in [0.3, 0.4) is 0 Å². The first-order valence-electron chi connectivity index (χ1n) is 7.11. The predicted octanol–water partition coefficient (Wildman–Crippen LogP) is 2.09. The second kappa shape index (κ2) is 5.59. The van der Waals surface area contributed by atoms with Gasteiger partial charge in [-0.3, -0.25) is 9.78 Å². The van der Waals surface area contributed by atoms with E-state index in [1.165, 1.54) is 0 Å². The molecule has 0 bridgehead atoms. The van der Waals surface area contributed by atoms with Gasteiger partial charge in [0.2, 0.25) is 0 Å². The lowest BCUT2D eigenvalue weighted by molar-refractivity contribution is 0.0949. The number of fused-ring (bicyclic) bond motifs is 1. The zero-order valence-electron chi connectivity index (χ0n) is 11.4. The molecule has 1 aliphatic rings. The van der Waals surface area contributed by atoms with Crippen LogP contribution in [0.15, 0.2) is 36.5 Å². The highest BCUT2D eigenvalue weighted by Gasteiger charge is 2.22. The number of carbonyl (C=O) groups excluding carboxylic acids is 1. The number of pyridine rings is 1. The van der Waals surface area contributed by atoms with Gasteiger partial charge in [-0.05, 0) is 43.4 Å². The molecule has 104 valence electrons. The van der Waals surface area contributed by atoms with Crippen molar-refractivity contribution in [3.05, 3.63) is 42.1 Å². The molecule has 4 nitrogen and oxygen atoms in total. The fourth-order valence-electron chi connectivity index (χ4n) is 2.93. The third-order valence-electron chi connectivity index (χ3n) is 4.02. The molecule has 2 atom stereocenters. The minimum atomic E-state index is -0.0240. The van der Waals surface area contributed by atoms with Crippen molar-refractivity contribution in [1.82, 2.24) is 10.3 Å². The summed E-state index contributed by atoms with van der Waals surface area (Å²) in [6, 6.07) is 9.73. The highest BCUT2D eigenvalue weighted by atomic mass is 16.1. The predicted molar refractivity (Wildman–Crippen MR) is 79.4 cm³/mol. The Hall–Kier alpha value is -1.94. The third-order valence-corrected chi connectivity index (χ3v) is 4.02. The lowest BCUT2D eigenvalue weighted by atomic mass is 10.1. The van der Waals surface area contributed by atoms with Gasteiger partial charge in [0.1, 0.15) is 0 Å². The standard InChI is InChI=1S/C16H19N3O/c17-12-7-6-11(9-12)10-19-16(20)14-3-1-5-15-13(14)4-2-8-18-15/h1-5,8,11-12H,6-7,9-10,17H2,(H,19,20). The molecule has 0 saturated heterocycles. The van der Waals surface area contributed by atoms with Crippen LogP contribution in [-0.4, -0.2) is 23.5 Å². The van der Waals surface area contributed by atoms with Gasteiger partial charge in [0.25, 0.3) is 5.91 Å². The monoisotopic (exact) mass is 269 g/mol. The average molecular weight is 269 g/mol. The lowest BCUT2D eigenvalue weighted by Crippen LogP contribution is -2.29. The molecule has 1 heterocycles. The Kier molecular flexibility index (Phi) is 3.65. The van der Waals surface area contributed by atoms with E-state index in [0.29, 0.717) is 24.1 Å². The summed E-state index contributed by atoms with van der Waals surface area (Å²) in [6.45, 7) is 0.711. The number of nitrogens with zero attached hydrogens (tertiary/aromatic N) is 1. The zero-order chi connectivity index (χ0) is 13.9. The minimum absolute atomic E-state index is 0.0240. The molecule has 1 saturated carbocycles. The van der Waals surface area contributed by atoms with Crippen LogP contribution in [0, 0.1) is 5.92 Å². The van der Waals surface area contributed by atoms with E-state index in [1.807, 2.05) is 30.3 Å². The van der Waals surface area contributed by atoms with Crippen molar-refractivity contribution in [3.8, 4) is 0 Å². The van der Waals surface area contributed by atoms with Crippen LogP contribution >= 0.6 is 0 Å². The van der Waals surface area contributed by atoms with E-state index in [-0.39, 0.29) is 5.91 Å². The Morgan fingerprint density at radius 3 is 3.00 bits per heavy atom. The molecule has 0 aliphatic heterocycles. The molecule has 4 heteroatoms. The quantitative estimate of drug-likeness (QED) is 0.896. The van der Waals surface area contributed by atoms with E-state index in [9.17, 15) is 4.79 Å². The summed E-state index contributed by atoms with van der Waals surface area (Å²) < 4.78 is 0. The Morgan fingerprint density at radius 2 is 2.20 bits per heavy atom. The summed E-state index contributed by atoms with van der Waals surface area (Å²) in [7, 11) is 0. The fraction of sp³-hybridized carbons (Fsp3) is 0.375. The van der Waals surface area contributed by atoms with Gasteiger partial charge < -0.3 is 11.1 Å². The van der Waals surface area contributed by atoms with E-state index in [2.05, 4.69) is 10.3 Å². The topological polar surface area (TPSA) is 68.0 Å². The van der Waals surface area contributed by atoms with Gasteiger partial charge in [-0.25, -0.2) is 0 Å². The smallest absolute Gasteiger partial charge is 0.251 e. The largest absolute Gasteiger partial charge is 0.352 e. The summed E-state index contributed by atoms with van der Waals surface area (Å²) in [6.07, 6.45) is 4.93. The maximum absolute atomic E-state index is 12.3. The highest BCUT2D eigenvalue weighted by Crippen LogP contribution is 2.23. The van der Waals surface area contributed by atoms with Crippen LogP contribution in [0.5, 0.6) is 0 Å². The molecule has 0 radical (unpaired) electrons. The molecular weight excluding hydrogens is 250 g/mol. The Labute approximate surface area is 118 Å². The number of nitrogens with one attached hydrogen (secondary N) is 1. The molecule has 3 rings (SSSR count). The average Bonchev–Trinajstić information content (AvgIpc) is 2.90. The van der Waals surface area contributed by atoms with Crippen LogP contribution in [0.25, 0.3) is 10.9 Å². The minimum Gasteiger partial charge on any atom is -0.352 e. The number of hydrogen-bond donors (Lipinski definition) is 2. The molecule has 2 aromatic rings. The molecule has 0 spiro atoms. The first-order valence-corrected chi connectivity index (χ1v) is 7.11. The number of carbonyl (C=O) groups is 1. The van der Waals surface area contributed by atoms with Crippen molar-refractivity contribution >= 4 is 16.8 Å². The van der Waals surface area contributed by atoms with Gasteiger partial charge in [-0.2, -0.15) is 0 Å². The van der Waals surface area contributed by atoms with Crippen LogP contribution in [0.1, 0.15) is 29.6 Å². The summed E-state index contributed by atoms with van der Waals surface area (Å²) in [4.78, 5) is 16.6. The summed E-state index contributed by atoms with van der Waals surface area (Å²) in [5.74, 6) is 0.492. The van der Waals surface area contributed by atoms with Gasteiger partial charge in [0, 0.05) is 29.7 Å². The number of amides is 1. The van der Waals surface area contributed by atoms with E-state index >= 15 is 0 Å². The zero-order valence-corrected chi connectivity index (χ0v) is 11.4. The number of aromatic nitrogens is 1. The van der Waals surface area contributed by atoms with Crippen molar-refractivity contribution in [3.63, 3.8) is 0 Å². The summed E-state index contributed by atoms with van der Waals surface area (Å²) in [5.41, 5.74) is 7.44. The number of rotatable bonds is 3. The van der Waals surface area contributed by atoms with Crippen molar-refractivity contribution in [2.75, 3.05) is 6.54 Å². The number of hydrogen-bond acceptors (Lipinski definition) is 3. The van der Waals surface area contributed by atoms with Crippen LogP contribution in [0.4, 0.5) is 0 Å². The molecule has 1 fully saturated rings. The van der Waals surface area contributed by atoms with E-state index in [4.69, 9.17) is 5.73 Å². The van der Waals surface area contributed by atoms with Gasteiger partial charge in [-0.15, -0.1) is 0 Å². The first kappa shape index (κ1) is 13.1. The van der Waals surface area contributed by atoms with E-state index in [0.717, 1.165) is 30.2 Å². The first-order chi connectivity index (χ1) is 9.74. The van der Waals surface area contributed by atoms with Crippen LogP contribution in [0.2, 0.25) is 0 Å². The maximum Gasteiger partial charge on any atom is 0.251 e. The molecule has 1 aliphatic carbocycles. The van der Waals surface area contributed by atoms with Crippen molar-refractivity contribution in [1.29, 1.82) is 0 Å². The Balaban J connectivity index is 1.72. The molecule has 2 unspecified atom stereocenters. The van der Waals surface area contributed by atoms with Crippen LogP contribution in [-0.2, 0) is 0 Å². The van der Waals surface area contributed by atoms with Gasteiger partial charge >= 0.3 is 0 Å². The van der Waals surface area contributed by atoms with E-state index < -0.39 is 0 Å². The molecule has 3 N–H and O–H groups in total. The maximum atomic E-state index is 12.3. The van der Waals surface area contributed by atoms with E-state index in [1.54, 1.807) is 6.20 Å². The molecule has 20 heavy (non-hydrogen) atoms. The van der Waals surface area contributed by atoms with Gasteiger partial charge in [-0.1, -0.05) is 12.1 Å². The SMILES string of the molecule is NC1CCC(CNC(=O)c2cccc3ncccc23)C1. The number of nitrogens with two attached hydrogens (primary N) is 1. The third kappa shape index (κ3) is 2.65. The van der Waals surface area contributed by atoms with Crippen molar-refractivity contribution < 1.29 is 4.79 Å². The second-order valence-electron chi connectivity index (χ2n) is 5.52. The number of benzene rings is 1. The fourth-order valence-corrected chi connectivity index (χ4v) is 2.93. The molecule has 1 aromatic heterocycles. The highest BCUT2D eigenvalue weighted by molar-refractivity contribution is 6.06. The van der Waals surface area contributed by atoms with Crippen molar-refractivity contribution in [2.24, 2.45) is 11.7 Å². The molecule has 1 amide bonds. The van der Waals surface area contributed by atoms with Crippen LogP contribution < -0.4 is 11.1 Å². The molecule has 1 aromatic carbocycles. The van der Waals surface area contributed by atoms with Crippen molar-refractivity contribution in [2.45, 2.75) is 25.3 Å². The summed E-state index contributed by atoms with van der Waals surface area (Å²) in [5, 5.41) is 3.93. The van der Waals surface area contributed by atoms with Gasteiger partial charge in [0.05, 0.1) is 5.52 Å². The Bertz CT molecular complexity index is 621. The lowest BCUT2D eigenvalue weighted by Gasteiger charge is -2.12.